The Hall–Kier alpha value is -2.99. The maximum absolute atomic E-state index is 2.58. The Morgan fingerprint density at radius 2 is 0.767 bits per heavy atom. The summed E-state index contributed by atoms with van der Waals surface area (Å²) in [5, 5.41) is 0. The van der Waals surface area contributed by atoms with Gasteiger partial charge in [-0.25, -0.2) is 0 Å². The van der Waals surface area contributed by atoms with Crippen molar-refractivity contribution >= 4 is 26.6 Å². The molecule has 0 aliphatic heterocycles. The molecule has 1 aliphatic carbocycles. The molecule has 222 valence electrons. The quantitative estimate of drug-likeness (QED) is 0.0937. The maximum Gasteiger partial charge on any atom is 0.139 e. The summed E-state index contributed by atoms with van der Waals surface area (Å²) in [6.45, 7) is 4.64. The third kappa shape index (κ3) is 7.39. The lowest BCUT2D eigenvalue weighted by Crippen LogP contribution is -2.25. The van der Waals surface area contributed by atoms with Gasteiger partial charge >= 0.3 is 0 Å². The molecule has 43 heavy (non-hydrogen) atoms. The maximum atomic E-state index is 2.58. The topological polar surface area (TPSA) is 0 Å². The molecule has 5 rings (SSSR count). The first kappa shape index (κ1) is 31.4. The smallest absolute Gasteiger partial charge is 0.0889 e. The van der Waals surface area contributed by atoms with E-state index >= 15 is 0 Å². The molecule has 0 aromatic heterocycles. The molecule has 0 heterocycles. The summed E-state index contributed by atoms with van der Waals surface area (Å²) in [5.74, 6) is 0. The SMILES string of the molecule is Bc1ccc(-c2ccc3c(c2)C(CCCCCCCC)(CCCCCCCC)c2cc(-c4ccc(B)cc4)ccc2-3)cc1. The molecule has 0 radical (unpaired) electrons. The average molecular weight is 566 g/mol. The third-order valence-electron chi connectivity index (χ3n) is 10.0. The lowest BCUT2D eigenvalue weighted by molar-refractivity contribution is 0.398. The van der Waals surface area contributed by atoms with Crippen LogP contribution in [0.1, 0.15) is 115 Å². The van der Waals surface area contributed by atoms with E-state index in [1.54, 1.807) is 11.1 Å². The molecule has 2 heteroatoms. The molecule has 0 nitrogen and oxygen atoms in total. The van der Waals surface area contributed by atoms with Gasteiger partial charge in [-0.15, -0.1) is 0 Å². The van der Waals surface area contributed by atoms with E-state index in [0.717, 1.165) is 0 Å². The van der Waals surface area contributed by atoms with Crippen molar-refractivity contribution in [2.75, 3.05) is 0 Å². The molecule has 0 amide bonds. The van der Waals surface area contributed by atoms with E-state index in [9.17, 15) is 0 Å². The molecule has 1 aliphatic rings. The Morgan fingerprint density at radius 1 is 0.419 bits per heavy atom. The number of benzene rings is 4. The van der Waals surface area contributed by atoms with Crippen molar-refractivity contribution in [1.82, 2.24) is 0 Å². The Morgan fingerprint density at radius 3 is 1.16 bits per heavy atom. The average Bonchev–Trinajstić information content (AvgIpc) is 3.29. The molecule has 0 unspecified atom stereocenters. The number of fused-ring (bicyclic) bond motifs is 3. The second kappa shape index (κ2) is 15.1. The minimum Gasteiger partial charge on any atom is -0.0889 e. The van der Waals surface area contributed by atoms with Crippen LogP contribution in [0, 0.1) is 0 Å². The lowest BCUT2D eigenvalue weighted by atomic mass is 9.70. The highest BCUT2D eigenvalue weighted by molar-refractivity contribution is 6.32. The number of hydrogen-bond donors (Lipinski definition) is 0. The molecule has 0 fully saturated rings. The molecule has 0 N–H and O–H groups in total. The van der Waals surface area contributed by atoms with Gasteiger partial charge < -0.3 is 0 Å². The summed E-state index contributed by atoms with van der Waals surface area (Å²) in [6.07, 6.45) is 18.7. The summed E-state index contributed by atoms with van der Waals surface area (Å²) in [7, 11) is 4.36. The fraction of sp³-hybridized carbons (Fsp3) is 0.415. The second-order valence-corrected chi connectivity index (χ2v) is 13.4. The van der Waals surface area contributed by atoms with Crippen molar-refractivity contribution in [3.63, 3.8) is 0 Å². The zero-order valence-corrected chi connectivity index (χ0v) is 27.5. The Labute approximate surface area is 264 Å². The van der Waals surface area contributed by atoms with E-state index in [4.69, 9.17) is 0 Å². The van der Waals surface area contributed by atoms with Gasteiger partial charge in [0.2, 0.25) is 0 Å². The largest absolute Gasteiger partial charge is 0.139 e. The van der Waals surface area contributed by atoms with E-state index in [2.05, 4.69) is 114 Å². The van der Waals surface area contributed by atoms with Gasteiger partial charge in [0, 0.05) is 5.41 Å². The van der Waals surface area contributed by atoms with Crippen molar-refractivity contribution < 1.29 is 0 Å². The number of rotatable bonds is 16. The van der Waals surface area contributed by atoms with Gasteiger partial charge in [0.1, 0.15) is 15.7 Å². The Balaban J connectivity index is 1.56. The number of hydrogen-bond acceptors (Lipinski definition) is 0. The van der Waals surface area contributed by atoms with Gasteiger partial charge in [0.15, 0.2) is 0 Å². The molecular weight excluding hydrogens is 514 g/mol. The van der Waals surface area contributed by atoms with Crippen LogP contribution in [-0.2, 0) is 5.41 Å². The van der Waals surface area contributed by atoms with Crippen LogP contribution >= 0.6 is 0 Å². The molecular formula is C41H52B2. The van der Waals surface area contributed by atoms with Crippen LogP contribution < -0.4 is 10.9 Å². The van der Waals surface area contributed by atoms with Gasteiger partial charge in [-0.1, -0.05) is 175 Å². The first-order valence-electron chi connectivity index (χ1n) is 17.5. The van der Waals surface area contributed by atoms with Crippen LogP contribution in [0.5, 0.6) is 0 Å². The summed E-state index contributed by atoms with van der Waals surface area (Å²) in [6, 6.07) is 33.0. The Bertz CT molecular complexity index is 1340. The van der Waals surface area contributed by atoms with Crippen LogP contribution in [0.25, 0.3) is 33.4 Å². The molecule has 0 spiro atoms. The standard InChI is InChI=1S/C41H52B2/c1-3-5-7-9-11-13-27-41(28-14-12-10-8-6-4-2)39-29-33(31-15-21-35(42)22-16-31)19-25-37(39)38-26-20-34(30-40(38)41)32-17-23-36(43)24-18-32/h15-26,29-30H,3-14,27-28,42-43H2,1-2H3. The molecule has 0 atom stereocenters. The Kier molecular flexibility index (Phi) is 11.1. The first-order chi connectivity index (χ1) is 21.1. The highest BCUT2D eigenvalue weighted by Crippen LogP contribution is 2.55. The highest BCUT2D eigenvalue weighted by atomic mass is 14.5. The van der Waals surface area contributed by atoms with Gasteiger partial charge in [-0.3, -0.25) is 0 Å². The van der Waals surface area contributed by atoms with Gasteiger partial charge in [-0.2, -0.15) is 0 Å². The molecule has 0 saturated heterocycles. The fourth-order valence-corrected chi connectivity index (χ4v) is 7.42. The predicted octanol–water partition coefficient (Wildman–Crippen LogP) is 9.31. The minimum atomic E-state index is 0.0849. The van der Waals surface area contributed by atoms with Crippen LogP contribution in [0.4, 0.5) is 0 Å². The molecule has 0 bridgehead atoms. The number of unbranched alkanes of at least 4 members (excludes halogenated alkanes) is 10. The van der Waals surface area contributed by atoms with Gasteiger partial charge in [0.05, 0.1) is 0 Å². The predicted molar refractivity (Wildman–Crippen MR) is 196 cm³/mol. The van der Waals surface area contributed by atoms with Crippen molar-refractivity contribution in [1.29, 1.82) is 0 Å². The van der Waals surface area contributed by atoms with Gasteiger partial charge in [-0.05, 0) is 69.5 Å². The molecule has 0 saturated carbocycles. The summed E-state index contributed by atoms with van der Waals surface area (Å²) < 4.78 is 0. The van der Waals surface area contributed by atoms with E-state index in [0.29, 0.717) is 0 Å². The van der Waals surface area contributed by atoms with Crippen LogP contribution in [0.15, 0.2) is 84.9 Å². The second-order valence-electron chi connectivity index (χ2n) is 13.4. The van der Waals surface area contributed by atoms with Crippen LogP contribution in [-0.4, -0.2) is 15.7 Å². The summed E-state index contributed by atoms with van der Waals surface area (Å²) in [5.41, 5.74) is 14.2. The molecule has 4 aromatic rings. The first-order valence-corrected chi connectivity index (χ1v) is 17.5. The minimum absolute atomic E-state index is 0.0849. The lowest BCUT2D eigenvalue weighted by Gasteiger charge is -2.33. The zero-order chi connectivity index (χ0) is 30.1. The van der Waals surface area contributed by atoms with Crippen molar-refractivity contribution in [2.45, 2.75) is 109 Å². The molecule has 4 aromatic carbocycles. The fourth-order valence-electron chi connectivity index (χ4n) is 7.42. The zero-order valence-electron chi connectivity index (χ0n) is 27.5. The van der Waals surface area contributed by atoms with Crippen molar-refractivity contribution in [3.05, 3.63) is 96.1 Å². The van der Waals surface area contributed by atoms with E-state index in [-0.39, 0.29) is 5.41 Å². The highest BCUT2D eigenvalue weighted by Gasteiger charge is 2.42. The normalized spacial score (nSPS) is 13.2. The summed E-state index contributed by atoms with van der Waals surface area (Å²) >= 11 is 0. The summed E-state index contributed by atoms with van der Waals surface area (Å²) in [4.78, 5) is 0. The monoisotopic (exact) mass is 566 g/mol. The van der Waals surface area contributed by atoms with Gasteiger partial charge in [0.25, 0.3) is 0 Å². The van der Waals surface area contributed by atoms with Crippen LogP contribution in [0.2, 0.25) is 0 Å². The van der Waals surface area contributed by atoms with Crippen molar-refractivity contribution in [3.8, 4) is 33.4 Å². The van der Waals surface area contributed by atoms with E-state index in [1.807, 2.05) is 0 Å². The van der Waals surface area contributed by atoms with E-state index < -0.39 is 0 Å². The third-order valence-corrected chi connectivity index (χ3v) is 10.0. The van der Waals surface area contributed by atoms with Crippen LogP contribution in [0.3, 0.4) is 0 Å². The van der Waals surface area contributed by atoms with Crippen molar-refractivity contribution in [2.24, 2.45) is 0 Å². The van der Waals surface area contributed by atoms with E-state index in [1.165, 1.54) is 134 Å².